The van der Waals surface area contributed by atoms with Gasteiger partial charge in [-0.25, -0.2) is 4.79 Å². The number of benzene rings is 1. The second-order valence-electron chi connectivity index (χ2n) is 3.79. The Morgan fingerprint density at radius 1 is 1.41 bits per heavy atom. The topological polar surface area (TPSA) is 37.3 Å². The van der Waals surface area contributed by atoms with E-state index in [4.69, 9.17) is 16.7 Å². The van der Waals surface area contributed by atoms with Gasteiger partial charge in [0.05, 0.1) is 0 Å². The van der Waals surface area contributed by atoms with Gasteiger partial charge in [0.1, 0.15) is 4.88 Å². The molecule has 0 saturated heterocycles. The highest BCUT2D eigenvalue weighted by molar-refractivity contribution is 7.12. The van der Waals surface area contributed by atoms with Gasteiger partial charge in [-0.1, -0.05) is 30.7 Å². The van der Waals surface area contributed by atoms with Crippen LogP contribution >= 0.6 is 22.9 Å². The van der Waals surface area contributed by atoms with Crippen LogP contribution < -0.4 is 0 Å². The molecule has 88 valence electrons. The summed E-state index contributed by atoms with van der Waals surface area (Å²) in [6.45, 7) is 1.99. The molecule has 2 nitrogen and oxygen atoms in total. The maximum absolute atomic E-state index is 11.1. The van der Waals surface area contributed by atoms with Crippen LogP contribution in [-0.4, -0.2) is 11.1 Å². The lowest BCUT2D eigenvalue weighted by molar-refractivity contribution is 0.0701. The van der Waals surface area contributed by atoms with Crippen molar-refractivity contribution in [1.29, 1.82) is 0 Å². The van der Waals surface area contributed by atoms with Crippen molar-refractivity contribution in [1.82, 2.24) is 0 Å². The van der Waals surface area contributed by atoms with E-state index in [1.54, 1.807) is 5.38 Å². The maximum Gasteiger partial charge on any atom is 0.346 e. The Labute approximate surface area is 108 Å². The molecule has 1 heterocycles. The fourth-order valence-electron chi connectivity index (χ4n) is 1.79. The largest absolute Gasteiger partial charge is 0.477 e. The third-order valence-corrected chi connectivity index (χ3v) is 3.86. The van der Waals surface area contributed by atoms with Gasteiger partial charge < -0.3 is 5.11 Å². The summed E-state index contributed by atoms with van der Waals surface area (Å²) in [4.78, 5) is 11.5. The van der Waals surface area contributed by atoms with Crippen molar-refractivity contribution in [2.75, 3.05) is 0 Å². The van der Waals surface area contributed by atoms with Crippen LogP contribution in [0.2, 0.25) is 5.02 Å². The summed E-state index contributed by atoms with van der Waals surface area (Å²) in [6, 6.07) is 9.37. The van der Waals surface area contributed by atoms with Crippen LogP contribution in [0, 0.1) is 0 Å². The molecule has 0 aliphatic carbocycles. The number of hydrogen-bond donors (Lipinski definition) is 1. The van der Waals surface area contributed by atoms with Crippen molar-refractivity contribution in [2.45, 2.75) is 12.8 Å². The lowest BCUT2D eigenvalue weighted by Crippen LogP contribution is -2.02. The van der Waals surface area contributed by atoms with Crippen molar-refractivity contribution in [3.05, 3.63) is 56.7 Å². The van der Waals surface area contributed by atoms with Crippen molar-refractivity contribution < 1.29 is 9.90 Å². The summed E-state index contributed by atoms with van der Waals surface area (Å²) in [7, 11) is 0. The van der Waals surface area contributed by atoms with E-state index in [1.165, 1.54) is 11.3 Å². The van der Waals surface area contributed by atoms with Crippen molar-refractivity contribution >= 4 is 28.9 Å². The second-order valence-corrected chi connectivity index (χ2v) is 5.14. The Hall–Kier alpha value is -1.32. The summed E-state index contributed by atoms with van der Waals surface area (Å²) >= 11 is 7.19. The first-order valence-electron chi connectivity index (χ1n) is 5.15. The Bertz CT molecular complexity index is 548. The van der Waals surface area contributed by atoms with E-state index in [-0.39, 0.29) is 5.92 Å². The minimum absolute atomic E-state index is 0.0334. The number of rotatable bonds is 3. The number of carbonyl (C=O) groups is 1. The van der Waals surface area contributed by atoms with Gasteiger partial charge in [0.2, 0.25) is 0 Å². The van der Waals surface area contributed by atoms with Gasteiger partial charge in [0, 0.05) is 10.9 Å². The standard InChI is InChI=1S/C13H11ClO2S/c1-8(9-3-2-4-10(14)7-9)11-5-6-17-12(11)13(15)16/h2-8H,1H3,(H,15,16)/t8-/m0/s1. The molecule has 0 fully saturated rings. The highest BCUT2D eigenvalue weighted by atomic mass is 35.5. The second kappa shape index (κ2) is 4.90. The third kappa shape index (κ3) is 2.51. The molecular formula is C13H11ClO2S. The summed E-state index contributed by atoms with van der Waals surface area (Å²) < 4.78 is 0. The van der Waals surface area contributed by atoms with E-state index in [1.807, 2.05) is 37.3 Å². The molecule has 0 radical (unpaired) electrons. The van der Waals surface area contributed by atoms with Gasteiger partial charge in [-0.2, -0.15) is 0 Å². The Kier molecular flexibility index (Phi) is 3.50. The van der Waals surface area contributed by atoms with E-state index < -0.39 is 5.97 Å². The molecule has 0 saturated carbocycles. The summed E-state index contributed by atoms with van der Waals surface area (Å²) in [5.41, 5.74) is 1.86. The lowest BCUT2D eigenvalue weighted by atomic mass is 9.93. The number of halogens is 1. The Morgan fingerprint density at radius 3 is 2.82 bits per heavy atom. The predicted molar refractivity (Wildman–Crippen MR) is 70.2 cm³/mol. The summed E-state index contributed by atoms with van der Waals surface area (Å²) in [5, 5.41) is 11.6. The Morgan fingerprint density at radius 2 is 2.18 bits per heavy atom. The van der Waals surface area contributed by atoms with Crippen molar-refractivity contribution in [2.24, 2.45) is 0 Å². The highest BCUT2D eigenvalue weighted by Gasteiger charge is 2.18. The van der Waals surface area contributed by atoms with Crippen molar-refractivity contribution in [3.8, 4) is 0 Å². The smallest absolute Gasteiger partial charge is 0.346 e. The van der Waals surface area contributed by atoms with E-state index in [0.29, 0.717) is 9.90 Å². The van der Waals surface area contributed by atoms with Crippen LogP contribution in [0.1, 0.15) is 33.6 Å². The average Bonchev–Trinajstić information content (AvgIpc) is 2.77. The van der Waals surface area contributed by atoms with Crippen LogP contribution in [-0.2, 0) is 0 Å². The molecule has 1 aromatic heterocycles. The molecule has 1 aromatic carbocycles. The molecule has 0 aliphatic rings. The van der Waals surface area contributed by atoms with Crippen LogP contribution in [0.4, 0.5) is 0 Å². The molecule has 1 N–H and O–H groups in total. The van der Waals surface area contributed by atoms with E-state index in [2.05, 4.69) is 0 Å². The fraction of sp³-hybridized carbons (Fsp3) is 0.154. The zero-order valence-corrected chi connectivity index (χ0v) is 10.8. The molecule has 0 unspecified atom stereocenters. The molecule has 0 amide bonds. The number of carboxylic acid groups (broad SMARTS) is 1. The quantitative estimate of drug-likeness (QED) is 0.902. The minimum atomic E-state index is -0.871. The number of hydrogen-bond acceptors (Lipinski definition) is 2. The van der Waals surface area contributed by atoms with Gasteiger partial charge >= 0.3 is 5.97 Å². The first-order valence-corrected chi connectivity index (χ1v) is 6.41. The van der Waals surface area contributed by atoms with Gasteiger partial charge in [-0.3, -0.25) is 0 Å². The number of thiophene rings is 1. The average molecular weight is 267 g/mol. The van der Waals surface area contributed by atoms with Crippen molar-refractivity contribution in [3.63, 3.8) is 0 Å². The Balaban J connectivity index is 2.40. The molecule has 0 spiro atoms. The molecule has 4 heteroatoms. The lowest BCUT2D eigenvalue weighted by Gasteiger charge is -2.12. The zero-order chi connectivity index (χ0) is 12.4. The predicted octanol–water partition coefficient (Wildman–Crippen LogP) is 4.25. The van der Waals surface area contributed by atoms with Gasteiger partial charge in [-0.15, -0.1) is 11.3 Å². The van der Waals surface area contributed by atoms with Gasteiger partial charge in [0.25, 0.3) is 0 Å². The zero-order valence-electron chi connectivity index (χ0n) is 9.18. The molecule has 0 aliphatic heterocycles. The van der Waals surface area contributed by atoms with Crippen LogP contribution in [0.5, 0.6) is 0 Å². The molecule has 17 heavy (non-hydrogen) atoms. The van der Waals surface area contributed by atoms with Crippen LogP contribution in [0.15, 0.2) is 35.7 Å². The fourth-order valence-corrected chi connectivity index (χ4v) is 2.82. The molecular weight excluding hydrogens is 256 g/mol. The molecule has 2 aromatic rings. The number of aromatic carboxylic acids is 1. The van der Waals surface area contributed by atoms with E-state index in [0.717, 1.165) is 11.1 Å². The minimum Gasteiger partial charge on any atom is -0.477 e. The molecule has 1 atom stereocenters. The summed E-state index contributed by atoms with van der Waals surface area (Å²) in [5.74, 6) is -0.838. The van der Waals surface area contributed by atoms with Crippen LogP contribution in [0.25, 0.3) is 0 Å². The summed E-state index contributed by atoms with van der Waals surface area (Å²) in [6.07, 6.45) is 0. The first kappa shape index (κ1) is 12.1. The van der Waals surface area contributed by atoms with E-state index >= 15 is 0 Å². The molecule has 0 bridgehead atoms. The number of carboxylic acids is 1. The SMILES string of the molecule is C[C@@H](c1cccc(Cl)c1)c1ccsc1C(=O)O. The van der Waals surface area contributed by atoms with Gasteiger partial charge in [-0.05, 0) is 34.7 Å². The highest BCUT2D eigenvalue weighted by Crippen LogP contribution is 2.31. The molecule has 2 rings (SSSR count). The van der Waals surface area contributed by atoms with Crippen LogP contribution in [0.3, 0.4) is 0 Å². The maximum atomic E-state index is 11.1. The van der Waals surface area contributed by atoms with E-state index in [9.17, 15) is 4.79 Å². The monoisotopic (exact) mass is 266 g/mol. The van der Waals surface area contributed by atoms with Gasteiger partial charge in [0.15, 0.2) is 0 Å². The first-order chi connectivity index (χ1) is 8.09. The third-order valence-electron chi connectivity index (χ3n) is 2.71. The normalized spacial score (nSPS) is 12.4.